The molecule has 5 heteroatoms. The summed E-state index contributed by atoms with van der Waals surface area (Å²) in [6.07, 6.45) is 10.5. The van der Waals surface area contributed by atoms with E-state index in [1.165, 1.54) is 35.1 Å². The van der Waals surface area contributed by atoms with E-state index in [0.717, 1.165) is 51.4 Å². The number of carbonyl (C=O) groups excluding carboxylic acids is 1. The molecule has 0 amide bonds. The Hall–Kier alpha value is -4.25. The molecule has 6 rings (SSSR count). The van der Waals surface area contributed by atoms with E-state index in [-0.39, 0.29) is 25.2 Å². The number of phenols is 2. The van der Waals surface area contributed by atoms with E-state index in [1.54, 1.807) is 24.3 Å². The fourth-order valence-corrected chi connectivity index (χ4v) is 7.26. The molecule has 4 aromatic rings. The minimum Gasteiger partial charge on any atom is -0.508 e. The molecule has 2 saturated carbocycles. The quantitative estimate of drug-likeness (QED) is 0.179. The van der Waals surface area contributed by atoms with Crippen LogP contribution in [0.3, 0.4) is 0 Å². The van der Waals surface area contributed by atoms with Crippen LogP contribution in [0, 0.1) is 0 Å². The molecule has 0 aromatic heterocycles. The number of benzene rings is 4. The third-order valence-electron chi connectivity index (χ3n) is 9.47. The van der Waals surface area contributed by atoms with Gasteiger partial charge in [0.25, 0.3) is 0 Å². The number of ether oxygens (including phenoxy) is 2. The van der Waals surface area contributed by atoms with Crippen molar-refractivity contribution >= 4 is 6.16 Å². The predicted octanol–water partition coefficient (Wildman–Crippen LogP) is 9.67. The van der Waals surface area contributed by atoms with E-state index in [0.29, 0.717) is 11.5 Å². The van der Waals surface area contributed by atoms with E-state index in [1.807, 2.05) is 72.8 Å². The molecule has 2 aliphatic carbocycles. The number of hydrogen-bond acceptors (Lipinski definition) is 5. The number of aromatic hydroxyl groups is 2. The third kappa shape index (κ3) is 5.61. The first-order valence-electron chi connectivity index (χ1n) is 15.2. The highest BCUT2D eigenvalue weighted by Crippen LogP contribution is 2.47. The Morgan fingerprint density at radius 3 is 1.07 bits per heavy atom. The number of carbonyl (C=O) groups is 1. The molecule has 0 aliphatic heterocycles. The summed E-state index contributed by atoms with van der Waals surface area (Å²) in [5, 5.41) is 19.6. The van der Waals surface area contributed by atoms with Crippen molar-refractivity contribution in [3.05, 3.63) is 119 Å². The molecule has 0 bridgehead atoms. The maximum absolute atomic E-state index is 12.7. The van der Waals surface area contributed by atoms with E-state index < -0.39 is 6.16 Å². The highest BCUT2D eigenvalue weighted by molar-refractivity contribution is 5.67. The van der Waals surface area contributed by atoms with Crippen LogP contribution in [-0.4, -0.2) is 16.4 Å². The smallest absolute Gasteiger partial charge is 0.508 e. The van der Waals surface area contributed by atoms with Crippen LogP contribution < -0.4 is 9.47 Å². The van der Waals surface area contributed by atoms with Gasteiger partial charge in [0.15, 0.2) is 0 Å². The molecule has 220 valence electrons. The molecule has 0 unspecified atom stereocenters. The second kappa shape index (κ2) is 11.9. The predicted molar refractivity (Wildman–Crippen MR) is 168 cm³/mol. The van der Waals surface area contributed by atoms with Gasteiger partial charge in [-0.1, -0.05) is 87.1 Å². The maximum atomic E-state index is 12.7. The molecule has 0 saturated heterocycles. The number of phenolic OH excluding ortho intramolecular Hbond substituents is 2. The summed E-state index contributed by atoms with van der Waals surface area (Å²) in [4.78, 5) is 12.7. The van der Waals surface area contributed by atoms with Crippen LogP contribution in [0.5, 0.6) is 23.0 Å². The van der Waals surface area contributed by atoms with Crippen molar-refractivity contribution in [1.29, 1.82) is 0 Å². The minimum absolute atomic E-state index is 0. The van der Waals surface area contributed by atoms with Crippen molar-refractivity contribution in [2.24, 2.45) is 0 Å². The molecule has 4 aromatic carbocycles. The van der Waals surface area contributed by atoms with Crippen LogP contribution in [0.1, 0.15) is 89.3 Å². The Balaban J connectivity index is 0.00000221. The molecule has 2 N–H and O–H groups in total. The summed E-state index contributed by atoms with van der Waals surface area (Å²) < 4.78 is 11.1. The van der Waals surface area contributed by atoms with Crippen LogP contribution in [0.4, 0.5) is 4.79 Å². The zero-order chi connectivity index (χ0) is 29.0. The van der Waals surface area contributed by atoms with Crippen LogP contribution >= 0.6 is 0 Å². The molecule has 42 heavy (non-hydrogen) atoms. The zero-order valence-corrected chi connectivity index (χ0v) is 23.9. The Morgan fingerprint density at radius 1 is 0.476 bits per heavy atom. The summed E-state index contributed by atoms with van der Waals surface area (Å²) >= 11 is 0. The van der Waals surface area contributed by atoms with Crippen molar-refractivity contribution in [2.75, 3.05) is 0 Å². The maximum Gasteiger partial charge on any atom is 0.519 e. The van der Waals surface area contributed by atoms with Crippen molar-refractivity contribution in [3.63, 3.8) is 0 Å². The van der Waals surface area contributed by atoms with Gasteiger partial charge in [0.05, 0.1) is 0 Å². The lowest BCUT2D eigenvalue weighted by atomic mass is 9.65. The van der Waals surface area contributed by atoms with Gasteiger partial charge < -0.3 is 19.7 Å². The normalized spacial score (nSPS) is 17.7. The largest absolute Gasteiger partial charge is 0.519 e. The van der Waals surface area contributed by atoms with Crippen molar-refractivity contribution in [3.8, 4) is 23.0 Å². The van der Waals surface area contributed by atoms with E-state index in [9.17, 15) is 15.0 Å². The van der Waals surface area contributed by atoms with Crippen molar-refractivity contribution < 1.29 is 27.3 Å². The molecule has 2 aliphatic rings. The van der Waals surface area contributed by atoms with Crippen LogP contribution in [0.25, 0.3) is 0 Å². The average molecular weight is 567 g/mol. The highest BCUT2D eigenvalue weighted by atomic mass is 16.7. The molecular formula is C37H42O5. The molecule has 0 heterocycles. The summed E-state index contributed by atoms with van der Waals surface area (Å²) in [6.45, 7) is 0. The highest BCUT2D eigenvalue weighted by Gasteiger charge is 2.37. The fourth-order valence-electron chi connectivity index (χ4n) is 7.26. The van der Waals surface area contributed by atoms with Crippen LogP contribution in [0.15, 0.2) is 97.1 Å². The van der Waals surface area contributed by atoms with E-state index in [4.69, 9.17) is 9.47 Å². The Morgan fingerprint density at radius 2 is 0.762 bits per heavy atom. The molecule has 0 radical (unpaired) electrons. The lowest BCUT2D eigenvalue weighted by Crippen LogP contribution is -2.30. The second-order valence-corrected chi connectivity index (χ2v) is 11.9. The van der Waals surface area contributed by atoms with E-state index in [2.05, 4.69) is 0 Å². The van der Waals surface area contributed by atoms with Gasteiger partial charge in [-0.25, -0.2) is 4.79 Å². The molecule has 2 fully saturated rings. The first-order valence-corrected chi connectivity index (χ1v) is 15.2. The van der Waals surface area contributed by atoms with Crippen molar-refractivity contribution in [2.45, 2.75) is 75.0 Å². The summed E-state index contributed by atoms with van der Waals surface area (Å²) in [5.74, 6) is 1.41. The minimum atomic E-state index is -0.771. The van der Waals surface area contributed by atoms with Gasteiger partial charge in [0, 0.05) is 13.7 Å². The Labute approximate surface area is 250 Å². The van der Waals surface area contributed by atoms with Gasteiger partial charge in [-0.15, -0.1) is 0 Å². The van der Waals surface area contributed by atoms with Gasteiger partial charge in [0.1, 0.15) is 23.0 Å². The van der Waals surface area contributed by atoms with E-state index >= 15 is 0 Å². The van der Waals surface area contributed by atoms with Crippen molar-refractivity contribution in [1.82, 2.24) is 0 Å². The molecule has 0 spiro atoms. The van der Waals surface area contributed by atoms with Crippen LogP contribution in [-0.2, 0) is 10.8 Å². The SMILES string of the molecule is O=C(Oc1ccc(C2(c3ccc(O)cc3)CCCCC2)cc1)Oc1ccc(C2(c3ccc(O)cc3)CCCCC2)cc1.[HH].[HH]. The Kier molecular flexibility index (Phi) is 7.92. The standard InChI is InChI=1S/C37H38O5.2H2/c38-31-15-7-27(8-16-31)36(23-3-1-4-24-36)29-11-19-33(20-12-29)41-35(40)42-34-21-13-30(14-22-34)37(25-5-2-6-26-37)28-9-17-32(39)18-10-28;;/h7-22,38-39H,1-6,23-26H2;2*1H. The fraction of sp³-hybridized carbons (Fsp3) is 0.324. The first kappa shape index (κ1) is 27.9. The molecular weight excluding hydrogens is 524 g/mol. The lowest BCUT2D eigenvalue weighted by Gasteiger charge is -2.38. The third-order valence-corrected chi connectivity index (χ3v) is 9.47. The van der Waals surface area contributed by atoms with Gasteiger partial charge in [-0.3, -0.25) is 0 Å². The summed E-state index contributed by atoms with van der Waals surface area (Å²) in [6, 6.07) is 30.6. The molecule has 0 atom stereocenters. The Bertz CT molecular complexity index is 1370. The van der Waals surface area contributed by atoms with Gasteiger partial charge >= 0.3 is 6.16 Å². The summed E-state index contributed by atoms with van der Waals surface area (Å²) in [5.41, 5.74) is 4.57. The lowest BCUT2D eigenvalue weighted by molar-refractivity contribution is 0.152. The van der Waals surface area contributed by atoms with Gasteiger partial charge in [0.2, 0.25) is 0 Å². The topological polar surface area (TPSA) is 76.0 Å². The van der Waals surface area contributed by atoms with Gasteiger partial charge in [-0.05, 0) is 96.5 Å². The summed E-state index contributed by atoms with van der Waals surface area (Å²) in [7, 11) is 0. The van der Waals surface area contributed by atoms with Gasteiger partial charge in [-0.2, -0.15) is 0 Å². The zero-order valence-electron chi connectivity index (χ0n) is 23.9. The first-order chi connectivity index (χ1) is 20.5. The average Bonchev–Trinajstić information content (AvgIpc) is 3.03. The second-order valence-electron chi connectivity index (χ2n) is 11.9. The molecule has 5 nitrogen and oxygen atoms in total. The number of hydrogen-bond donors (Lipinski definition) is 2. The number of rotatable bonds is 6. The monoisotopic (exact) mass is 566 g/mol. The van der Waals surface area contributed by atoms with Crippen LogP contribution in [0.2, 0.25) is 0 Å².